The summed E-state index contributed by atoms with van der Waals surface area (Å²) in [5, 5.41) is 8.96. The molecule has 0 fully saturated rings. The maximum atomic E-state index is 12.1. The van der Waals surface area contributed by atoms with E-state index < -0.39 is 22.0 Å². The molecule has 1 atom stereocenters. The second kappa shape index (κ2) is 5.97. The first-order valence-electron chi connectivity index (χ1n) is 5.69. The molecular formula is C12H17NO4S. The monoisotopic (exact) mass is 271 g/mol. The first-order valence-corrected chi connectivity index (χ1v) is 7.17. The van der Waals surface area contributed by atoms with Gasteiger partial charge < -0.3 is 5.11 Å². The molecule has 0 aliphatic carbocycles. The molecule has 5 nitrogen and oxygen atoms in total. The third-order valence-electron chi connectivity index (χ3n) is 2.56. The Kier molecular flexibility index (Phi) is 4.86. The van der Waals surface area contributed by atoms with Crippen molar-refractivity contribution in [2.75, 3.05) is 0 Å². The fourth-order valence-electron chi connectivity index (χ4n) is 1.63. The van der Waals surface area contributed by atoms with E-state index in [1.165, 1.54) is 6.07 Å². The quantitative estimate of drug-likeness (QED) is 0.821. The van der Waals surface area contributed by atoms with Gasteiger partial charge in [-0.15, -0.1) is 0 Å². The number of nitrogens with one attached hydrogen (secondary N) is 1. The Hall–Kier alpha value is -1.40. The van der Waals surface area contributed by atoms with E-state index in [0.29, 0.717) is 12.0 Å². The maximum Gasteiger partial charge on any atom is 0.321 e. The van der Waals surface area contributed by atoms with Gasteiger partial charge in [0.2, 0.25) is 10.0 Å². The molecule has 18 heavy (non-hydrogen) atoms. The first kappa shape index (κ1) is 14.7. The van der Waals surface area contributed by atoms with Crippen LogP contribution in [0.15, 0.2) is 29.2 Å². The van der Waals surface area contributed by atoms with Crippen molar-refractivity contribution in [1.29, 1.82) is 0 Å². The van der Waals surface area contributed by atoms with E-state index in [-0.39, 0.29) is 11.3 Å². The largest absolute Gasteiger partial charge is 0.480 e. The van der Waals surface area contributed by atoms with E-state index in [4.69, 9.17) is 5.11 Å². The van der Waals surface area contributed by atoms with E-state index in [1.54, 1.807) is 32.0 Å². The van der Waals surface area contributed by atoms with Gasteiger partial charge in [0, 0.05) is 0 Å². The summed E-state index contributed by atoms with van der Waals surface area (Å²) in [5.41, 5.74) is 0.589. The van der Waals surface area contributed by atoms with E-state index in [1.807, 2.05) is 0 Å². The number of hydrogen-bond acceptors (Lipinski definition) is 3. The molecule has 0 aliphatic heterocycles. The van der Waals surface area contributed by atoms with Crippen LogP contribution in [0.3, 0.4) is 0 Å². The number of aliphatic carboxylic acids is 1. The van der Waals surface area contributed by atoms with Crippen LogP contribution in [0.1, 0.15) is 25.3 Å². The minimum atomic E-state index is -3.79. The van der Waals surface area contributed by atoms with Crippen LogP contribution in [0, 0.1) is 6.92 Å². The lowest BCUT2D eigenvalue weighted by Gasteiger charge is -2.15. The highest BCUT2D eigenvalue weighted by Crippen LogP contribution is 2.15. The fraction of sp³-hybridized carbons (Fsp3) is 0.417. The van der Waals surface area contributed by atoms with E-state index in [9.17, 15) is 13.2 Å². The molecule has 1 aromatic carbocycles. The molecule has 0 saturated carbocycles. The molecule has 100 valence electrons. The molecule has 0 saturated heterocycles. The molecule has 1 aromatic rings. The van der Waals surface area contributed by atoms with E-state index >= 15 is 0 Å². The average molecular weight is 271 g/mol. The SMILES string of the molecule is CCCC(NS(=O)(=O)c1ccccc1C)C(=O)O. The van der Waals surface area contributed by atoms with Crippen LogP contribution in [0.25, 0.3) is 0 Å². The highest BCUT2D eigenvalue weighted by molar-refractivity contribution is 7.89. The summed E-state index contributed by atoms with van der Waals surface area (Å²) in [5.74, 6) is -1.16. The lowest BCUT2D eigenvalue weighted by molar-refractivity contribution is -0.139. The molecule has 0 radical (unpaired) electrons. The minimum absolute atomic E-state index is 0.118. The zero-order valence-corrected chi connectivity index (χ0v) is 11.2. The second-order valence-corrected chi connectivity index (χ2v) is 5.75. The zero-order valence-electron chi connectivity index (χ0n) is 10.4. The standard InChI is InChI=1S/C12H17NO4S/c1-3-6-10(12(14)15)13-18(16,17)11-8-5-4-7-9(11)2/h4-5,7-8,10,13H,3,6H2,1-2H3,(H,14,15). The Labute approximate surface area is 107 Å². The Morgan fingerprint density at radius 1 is 1.39 bits per heavy atom. The molecule has 0 heterocycles. The molecule has 2 N–H and O–H groups in total. The van der Waals surface area contributed by atoms with Crippen LogP contribution in [0.5, 0.6) is 0 Å². The van der Waals surface area contributed by atoms with E-state index in [0.717, 1.165) is 0 Å². The lowest BCUT2D eigenvalue weighted by Crippen LogP contribution is -2.40. The number of sulfonamides is 1. The van der Waals surface area contributed by atoms with Gasteiger partial charge in [0.1, 0.15) is 6.04 Å². The van der Waals surface area contributed by atoms with Crippen molar-refractivity contribution < 1.29 is 18.3 Å². The molecule has 0 bridgehead atoms. The predicted molar refractivity (Wildman–Crippen MR) is 67.8 cm³/mol. The van der Waals surface area contributed by atoms with Crippen LogP contribution in [0.2, 0.25) is 0 Å². The Bertz CT molecular complexity index is 525. The second-order valence-electron chi connectivity index (χ2n) is 4.07. The van der Waals surface area contributed by atoms with Crippen LogP contribution in [0.4, 0.5) is 0 Å². The minimum Gasteiger partial charge on any atom is -0.480 e. The van der Waals surface area contributed by atoms with Crippen LogP contribution < -0.4 is 4.72 Å². The summed E-state index contributed by atoms with van der Waals surface area (Å²) < 4.78 is 26.4. The highest BCUT2D eigenvalue weighted by atomic mass is 32.2. The average Bonchev–Trinajstić information content (AvgIpc) is 2.28. The number of carbonyl (C=O) groups is 1. The highest BCUT2D eigenvalue weighted by Gasteiger charge is 2.25. The third-order valence-corrected chi connectivity index (χ3v) is 4.19. The summed E-state index contributed by atoms with van der Waals surface area (Å²) in [4.78, 5) is 11.1. The Morgan fingerprint density at radius 2 is 2.00 bits per heavy atom. The van der Waals surface area contributed by atoms with Crippen molar-refractivity contribution in [3.63, 3.8) is 0 Å². The third kappa shape index (κ3) is 3.54. The first-order chi connectivity index (χ1) is 8.38. The Morgan fingerprint density at radius 3 is 2.50 bits per heavy atom. The van der Waals surface area contributed by atoms with Crippen molar-refractivity contribution >= 4 is 16.0 Å². The predicted octanol–water partition coefficient (Wildman–Crippen LogP) is 1.53. The van der Waals surface area contributed by atoms with Crippen molar-refractivity contribution in [2.45, 2.75) is 37.6 Å². The smallest absolute Gasteiger partial charge is 0.321 e. The molecular weight excluding hydrogens is 254 g/mol. The number of benzene rings is 1. The maximum absolute atomic E-state index is 12.1. The molecule has 0 aliphatic rings. The van der Waals surface area contributed by atoms with E-state index in [2.05, 4.69) is 4.72 Å². The van der Waals surface area contributed by atoms with Crippen molar-refractivity contribution in [1.82, 2.24) is 4.72 Å². The van der Waals surface area contributed by atoms with Gasteiger partial charge in [-0.25, -0.2) is 8.42 Å². The van der Waals surface area contributed by atoms with Crippen molar-refractivity contribution in [3.8, 4) is 0 Å². The normalized spacial score (nSPS) is 13.2. The van der Waals surface area contributed by atoms with Gasteiger partial charge in [-0.2, -0.15) is 4.72 Å². The van der Waals surface area contributed by atoms with Gasteiger partial charge in [0.15, 0.2) is 0 Å². The van der Waals surface area contributed by atoms with Crippen LogP contribution in [-0.4, -0.2) is 25.5 Å². The van der Waals surface area contributed by atoms with Crippen molar-refractivity contribution in [2.24, 2.45) is 0 Å². The number of carboxylic acids is 1. The number of rotatable bonds is 6. The van der Waals surface area contributed by atoms with Gasteiger partial charge in [-0.1, -0.05) is 31.5 Å². The number of aryl methyl sites for hydroxylation is 1. The molecule has 1 rings (SSSR count). The topological polar surface area (TPSA) is 83.5 Å². The Balaban J connectivity index is 3.01. The molecule has 6 heteroatoms. The van der Waals surface area contributed by atoms with Crippen LogP contribution >= 0.6 is 0 Å². The fourth-order valence-corrected chi connectivity index (χ4v) is 3.10. The van der Waals surface area contributed by atoms with Gasteiger partial charge in [-0.3, -0.25) is 4.79 Å². The molecule has 0 aromatic heterocycles. The summed E-state index contributed by atoms with van der Waals surface area (Å²) in [6.45, 7) is 3.47. The van der Waals surface area contributed by atoms with Crippen LogP contribution in [-0.2, 0) is 14.8 Å². The molecule has 1 unspecified atom stereocenters. The number of carboxylic acid groups (broad SMARTS) is 1. The zero-order chi connectivity index (χ0) is 13.8. The van der Waals surface area contributed by atoms with Gasteiger partial charge >= 0.3 is 5.97 Å². The van der Waals surface area contributed by atoms with Crippen molar-refractivity contribution in [3.05, 3.63) is 29.8 Å². The molecule has 0 spiro atoms. The summed E-state index contributed by atoms with van der Waals surface area (Å²) >= 11 is 0. The summed E-state index contributed by atoms with van der Waals surface area (Å²) in [6.07, 6.45) is 0.855. The molecule has 0 amide bonds. The van der Waals surface area contributed by atoms with Gasteiger partial charge in [0.05, 0.1) is 4.90 Å². The van der Waals surface area contributed by atoms with Gasteiger partial charge in [0.25, 0.3) is 0 Å². The van der Waals surface area contributed by atoms with Gasteiger partial charge in [-0.05, 0) is 25.0 Å². The summed E-state index contributed by atoms with van der Waals surface area (Å²) in [7, 11) is -3.79. The lowest BCUT2D eigenvalue weighted by atomic mass is 10.2. The number of hydrogen-bond donors (Lipinski definition) is 2. The summed E-state index contributed by atoms with van der Waals surface area (Å²) in [6, 6.07) is 5.39.